The van der Waals surface area contributed by atoms with Gasteiger partial charge in [-0.15, -0.1) is 0 Å². The number of nitrogens with zero attached hydrogens (tertiary/aromatic N) is 5. The van der Waals surface area contributed by atoms with Crippen LogP contribution < -0.4 is 20.9 Å². The Balaban J connectivity index is 2.24. The van der Waals surface area contributed by atoms with E-state index < -0.39 is 5.41 Å². The van der Waals surface area contributed by atoms with E-state index in [1.807, 2.05) is 25.9 Å². The van der Waals surface area contributed by atoms with Crippen molar-refractivity contribution in [3.05, 3.63) is 0 Å². The first-order valence-corrected chi connectivity index (χ1v) is 6.52. The van der Waals surface area contributed by atoms with Gasteiger partial charge in [0.2, 0.25) is 23.8 Å². The second-order valence-electron chi connectivity index (χ2n) is 5.50. The Morgan fingerprint density at radius 3 is 2.70 bits per heavy atom. The Bertz CT molecular complexity index is 519. The molecule has 1 fully saturated rings. The zero-order chi connectivity index (χ0) is 14.9. The summed E-state index contributed by atoms with van der Waals surface area (Å²) in [6, 6.07) is 0. The molecule has 110 valence electrons. The molecule has 0 aliphatic carbocycles. The summed E-state index contributed by atoms with van der Waals surface area (Å²) in [5, 5.41) is 2.71. The Labute approximate surface area is 118 Å². The van der Waals surface area contributed by atoms with Gasteiger partial charge in [-0.3, -0.25) is 4.79 Å². The minimum Gasteiger partial charge on any atom is -0.368 e. The summed E-state index contributed by atoms with van der Waals surface area (Å²) in [6.07, 6.45) is 0.759. The van der Waals surface area contributed by atoms with Gasteiger partial charge in [-0.05, 0) is 13.3 Å². The van der Waals surface area contributed by atoms with Gasteiger partial charge in [-0.25, -0.2) is 0 Å². The molecule has 20 heavy (non-hydrogen) atoms. The predicted octanol–water partition coefficient (Wildman–Crippen LogP) is -0.518. The fourth-order valence-corrected chi connectivity index (χ4v) is 2.33. The third-order valence-corrected chi connectivity index (χ3v) is 3.56. The maximum atomic E-state index is 11.9. The van der Waals surface area contributed by atoms with Crippen LogP contribution in [0.5, 0.6) is 0 Å². The van der Waals surface area contributed by atoms with E-state index in [1.54, 1.807) is 11.9 Å². The molecule has 0 aromatic carbocycles. The average Bonchev–Trinajstić information content (AvgIpc) is 2.81. The summed E-state index contributed by atoms with van der Waals surface area (Å²) in [7, 11) is 5.34. The standard InChI is InChI=1S/C12H21N7O/c1-12(8(20)14-2)5-6-19(7-12)11-16-9(13)15-10(17-11)18(3)4/h5-7H2,1-4H3,(H,14,20)(H2,13,15,16,17). The maximum Gasteiger partial charge on any atom is 0.231 e. The quantitative estimate of drug-likeness (QED) is 0.768. The summed E-state index contributed by atoms with van der Waals surface area (Å²) in [5.74, 6) is 1.26. The van der Waals surface area contributed by atoms with E-state index >= 15 is 0 Å². The van der Waals surface area contributed by atoms with Gasteiger partial charge in [0.15, 0.2) is 0 Å². The molecule has 0 spiro atoms. The molecule has 2 heterocycles. The van der Waals surface area contributed by atoms with Crippen molar-refractivity contribution in [1.29, 1.82) is 0 Å². The SMILES string of the molecule is CNC(=O)C1(C)CCN(c2nc(N)nc(N(C)C)n2)C1. The topological polar surface area (TPSA) is 100 Å². The van der Waals surface area contributed by atoms with Gasteiger partial charge in [0.1, 0.15) is 0 Å². The number of amides is 1. The Morgan fingerprint density at radius 1 is 1.40 bits per heavy atom. The number of anilines is 3. The molecule has 1 atom stereocenters. The monoisotopic (exact) mass is 279 g/mol. The number of carbonyl (C=O) groups excluding carboxylic acids is 1. The Kier molecular flexibility index (Phi) is 3.65. The van der Waals surface area contributed by atoms with Crippen LogP contribution in [0.3, 0.4) is 0 Å². The molecule has 1 aromatic heterocycles. The van der Waals surface area contributed by atoms with E-state index in [4.69, 9.17) is 5.73 Å². The molecule has 0 bridgehead atoms. The van der Waals surface area contributed by atoms with E-state index in [9.17, 15) is 4.79 Å². The second kappa shape index (κ2) is 5.10. The predicted molar refractivity (Wildman–Crippen MR) is 77.6 cm³/mol. The summed E-state index contributed by atoms with van der Waals surface area (Å²) in [5.41, 5.74) is 5.30. The van der Waals surface area contributed by atoms with E-state index in [0.717, 1.165) is 13.0 Å². The van der Waals surface area contributed by atoms with Crippen molar-refractivity contribution >= 4 is 23.8 Å². The zero-order valence-electron chi connectivity index (χ0n) is 12.3. The molecule has 1 saturated heterocycles. The molecular weight excluding hydrogens is 258 g/mol. The molecule has 1 aliphatic rings. The number of hydrogen-bond acceptors (Lipinski definition) is 7. The molecule has 1 amide bonds. The number of aromatic nitrogens is 3. The molecular formula is C12H21N7O. The van der Waals surface area contributed by atoms with Gasteiger partial charge in [0.05, 0.1) is 5.41 Å². The molecule has 1 unspecified atom stereocenters. The third-order valence-electron chi connectivity index (χ3n) is 3.56. The lowest BCUT2D eigenvalue weighted by Crippen LogP contribution is -2.39. The van der Waals surface area contributed by atoms with Crippen LogP contribution in [-0.4, -0.2) is 55.1 Å². The molecule has 1 aromatic rings. The molecule has 0 radical (unpaired) electrons. The van der Waals surface area contributed by atoms with Gasteiger partial charge in [-0.2, -0.15) is 15.0 Å². The Hall–Kier alpha value is -2.12. The first kappa shape index (κ1) is 14.3. The highest BCUT2D eigenvalue weighted by Gasteiger charge is 2.40. The highest BCUT2D eigenvalue weighted by Crippen LogP contribution is 2.32. The largest absolute Gasteiger partial charge is 0.368 e. The fourth-order valence-electron chi connectivity index (χ4n) is 2.33. The van der Waals surface area contributed by atoms with E-state index in [2.05, 4.69) is 20.3 Å². The fraction of sp³-hybridized carbons (Fsp3) is 0.667. The summed E-state index contributed by atoms with van der Waals surface area (Å²) < 4.78 is 0. The van der Waals surface area contributed by atoms with E-state index in [0.29, 0.717) is 18.4 Å². The zero-order valence-corrected chi connectivity index (χ0v) is 12.3. The molecule has 2 rings (SSSR count). The number of nitrogens with one attached hydrogen (secondary N) is 1. The lowest BCUT2D eigenvalue weighted by atomic mass is 9.89. The van der Waals surface area contributed by atoms with E-state index in [1.165, 1.54) is 0 Å². The van der Waals surface area contributed by atoms with Crippen molar-refractivity contribution in [2.75, 3.05) is 49.8 Å². The number of carbonyl (C=O) groups is 1. The van der Waals surface area contributed by atoms with E-state index in [-0.39, 0.29) is 11.9 Å². The first-order valence-electron chi connectivity index (χ1n) is 6.52. The average molecular weight is 279 g/mol. The van der Waals surface area contributed by atoms with Crippen LogP contribution in [0.25, 0.3) is 0 Å². The number of rotatable bonds is 3. The van der Waals surface area contributed by atoms with Crippen molar-refractivity contribution in [3.8, 4) is 0 Å². The highest BCUT2D eigenvalue weighted by atomic mass is 16.2. The van der Waals surface area contributed by atoms with Crippen LogP contribution in [0.15, 0.2) is 0 Å². The Morgan fingerprint density at radius 2 is 2.10 bits per heavy atom. The minimum atomic E-state index is -0.422. The van der Waals surface area contributed by atoms with Crippen LogP contribution in [0.1, 0.15) is 13.3 Å². The van der Waals surface area contributed by atoms with Crippen LogP contribution >= 0.6 is 0 Å². The number of hydrogen-bond donors (Lipinski definition) is 2. The molecule has 8 nitrogen and oxygen atoms in total. The van der Waals surface area contributed by atoms with Crippen molar-refractivity contribution < 1.29 is 4.79 Å². The first-order chi connectivity index (χ1) is 9.35. The smallest absolute Gasteiger partial charge is 0.231 e. The minimum absolute atomic E-state index is 0.0369. The summed E-state index contributed by atoms with van der Waals surface area (Å²) >= 11 is 0. The van der Waals surface area contributed by atoms with Crippen LogP contribution in [0.4, 0.5) is 17.8 Å². The third kappa shape index (κ3) is 2.59. The molecule has 3 N–H and O–H groups in total. The lowest BCUT2D eigenvalue weighted by molar-refractivity contribution is -0.128. The van der Waals surface area contributed by atoms with Crippen LogP contribution in [-0.2, 0) is 4.79 Å². The van der Waals surface area contributed by atoms with Gasteiger partial charge >= 0.3 is 0 Å². The maximum absolute atomic E-state index is 11.9. The lowest BCUT2D eigenvalue weighted by Gasteiger charge is -2.23. The molecule has 1 aliphatic heterocycles. The van der Waals surface area contributed by atoms with Crippen molar-refractivity contribution in [1.82, 2.24) is 20.3 Å². The molecule has 0 saturated carbocycles. The van der Waals surface area contributed by atoms with Gasteiger partial charge in [-0.1, -0.05) is 0 Å². The highest BCUT2D eigenvalue weighted by molar-refractivity contribution is 5.83. The van der Waals surface area contributed by atoms with Crippen LogP contribution in [0, 0.1) is 5.41 Å². The molecule has 8 heteroatoms. The van der Waals surface area contributed by atoms with Gasteiger partial charge in [0.25, 0.3) is 0 Å². The second-order valence-corrected chi connectivity index (χ2v) is 5.50. The number of nitrogens with two attached hydrogens (primary N) is 1. The summed E-state index contributed by atoms with van der Waals surface area (Å²) in [4.78, 5) is 28.3. The van der Waals surface area contributed by atoms with Crippen molar-refractivity contribution in [2.45, 2.75) is 13.3 Å². The van der Waals surface area contributed by atoms with Gasteiger partial charge < -0.3 is 20.9 Å². The summed E-state index contributed by atoms with van der Waals surface area (Å²) in [6.45, 7) is 3.24. The number of nitrogen functional groups attached to an aromatic ring is 1. The van der Waals surface area contributed by atoms with Gasteiger partial charge in [0, 0.05) is 34.2 Å². The van der Waals surface area contributed by atoms with Crippen LogP contribution in [0.2, 0.25) is 0 Å². The normalized spacial score (nSPS) is 21.9. The van der Waals surface area contributed by atoms with Crippen molar-refractivity contribution in [3.63, 3.8) is 0 Å². The van der Waals surface area contributed by atoms with Crippen molar-refractivity contribution in [2.24, 2.45) is 5.41 Å².